The molecule has 0 aliphatic carbocycles. The summed E-state index contributed by atoms with van der Waals surface area (Å²) in [5.74, 6) is -1.01. The van der Waals surface area contributed by atoms with Crippen molar-refractivity contribution in [3.05, 3.63) is 80.0 Å². The summed E-state index contributed by atoms with van der Waals surface area (Å²) in [6, 6.07) is 14.6. The van der Waals surface area contributed by atoms with Crippen molar-refractivity contribution in [1.82, 2.24) is 26.0 Å². The number of carbonyl (C=O) groups is 2. The molecule has 2 aromatic heterocycles. The molecule has 8 nitrogen and oxygen atoms in total. The number of fused-ring (bicyclic) bond motifs is 1. The Kier molecular flexibility index (Phi) is 5.59. The molecule has 0 spiro atoms. The second kappa shape index (κ2) is 8.49. The van der Waals surface area contributed by atoms with E-state index >= 15 is 0 Å². The summed E-state index contributed by atoms with van der Waals surface area (Å²) >= 11 is 1.44. The molecule has 2 aromatic carbocycles. The first-order valence-corrected chi connectivity index (χ1v) is 10.3. The van der Waals surface area contributed by atoms with Crippen molar-refractivity contribution in [2.24, 2.45) is 0 Å². The van der Waals surface area contributed by atoms with Crippen molar-refractivity contribution in [1.29, 1.82) is 0 Å². The van der Waals surface area contributed by atoms with Gasteiger partial charge >= 0.3 is 0 Å². The number of amides is 2. The summed E-state index contributed by atoms with van der Waals surface area (Å²) in [6.07, 6.45) is 0.0643. The van der Waals surface area contributed by atoms with Crippen molar-refractivity contribution < 1.29 is 9.59 Å². The smallest absolute Gasteiger partial charge is 0.273 e. The summed E-state index contributed by atoms with van der Waals surface area (Å²) in [4.78, 5) is 42.2. The van der Waals surface area contributed by atoms with Crippen molar-refractivity contribution in [3.63, 3.8) is 0 Å². The molecular formula is C22H19N5O3S. The lowest BCUT2D eigenvalue weighted by atomic mass is 10.1. The van der Waals surface area contributed by atoms with Gasteiger partial charge in [0.2, 0.25) is 5.91 Å². The van der Waals surface area contributed by atoms with E-state index in [-0.39, 0.29) is 23.6 Å². The maximum Gasteiger partial charge on any atom is 0.290 e. The minimum atomic E-state index is -0.625. The zero-order chi connectivity index (χ0) is 22.0. The van der Waals surface area contributed by atoms with E-state index in [1.165, 1.54) is 11.3 Å². The third-order valence-electron chi connectivity index (χ3n) is 4.68. The van der Waals surface area contributed by atoms with E-state index in [1.807, 2.05) is 38.1 Å². The van der Waals surface area contributed by atoms with Crippen LogP contribution < -0.4 is 16.4 Å². The SMILES string of the molecule is Cc1ccc(-c2nc(C)sc2CC(=O)NNC(=O)c2n[nH]c(=O)c3ccccc23)cc1. The van der Waals surface area contributed by atoms with Crippen LogP contribution in [0, 0.1) is 13.8 Å². The predicted molar refractivity (Wildman–Crippen MR) is 119 cm³/mol. The van der Waals surface area contributed by atoms with Crippen LogP contribution in [0.25, 0.3) is 22.0 Å². The number of carbonyl (C=O) groups excluding carboxylic acids is 2. The molecule has 0 saturated carbocycles. The van der Waals surface area contributed by atoms with E-state index in [0.29, 0.717) is 10.8 Å². The van der Waals surface area contributed by atoms with Crippen LogP contribution >= 0.6 is 11.3 Å². The van der Waals surface area contributed by atoms with Crippen molar-refractivity contribution >= 4 is 33.9 Å². The molecule has 0 bridgehead atoms. The minimum absolute atomic E-state index is 0.0180. The van der Waals surface area contributed by atoms with Crippen LogP contribution in [0.5, 0.6) is 0 Å². The van der Waals surface area contributed by atoms with E-state index in [2.05, 4.69) is 26.0 Å². The molecule has 156 valence electrons. The maximum absolute atomic E-state index is 12.5. The summed E-state index contributed by atoms with van der Waals surface area (Å²) in [6.45, 7) is 3.89. The molecule has 3 N–H and O–H groups in total. The van der Waals surface area contributed by atoms with Crippen LogP contribution in [0.1, 0.15) is 25.9 Å². The third kappa shape index (κ3) is 4.36. The lowest BCUT2D eigenvalue weighted by Gasteiger charge is -2.08. The zero-order valence-electron chi connectivity index (χ0n) is 16.9. The third-order valence-corrected chi connectivity index (χ3v) is 5.65. The van der Waals surface area contributed by atoms with Crippen LogP contribution in [-0.2, 0) is 11.2 Å². The Hall–Kier alpha value is -3.85. The molecule has 0 unspecified atom stereocenters. The first kappa shape index (κ1) is 20.4. The molecule has 31 heavy (non-hydrogen) atoms. The van der Waals surface area contributed by atoms with Crippen molar-refractivity contribution in [2.75, 3.05) is 0 Å². The fourth-order valence-corrected chi connectivity index (χ4v) is 4.15. The first-order chi connectivity index (χ1) is 14.9. The van der Waals surface area contributed by atoms with Crippen molar-refractivity contribution in [3.8, 4) is 11.3 Å². The Morgan fingerprint density at radius 2 is 1.71 bits per heavy atom. The first-order valence-electron chi connectivity index (χ1n) is 9.52. The van der Waals surface area contributed by atoms with Gasteiger partial charge in [0.15, 0.2) is 5.69 Å². The highest BCUT2D eigenvalue weighted by Gasteiger charge is 2.17. The number of hydrazine groups is 1. The lowest BCUT2D eigenvalue weighted by Crippen LogP contribution is -2.43. The average molecular weight is 433 g/mol. The quantitative estimate of drug-likeness (QED) is 0.428. The highest BCUT2D eigenvalue weighted by molar-refractivity contribution is 7.12. The summed E-state index contributed by atoms with van der Waals surface area (Å²) in [5.41, 5.74) is 7.25. The number of H-pyrrole nitrogens is 1. The minimum Gasteiger partial charge on any atom is -0.273 e. The molecule has 0 fully saturated rings. The van der Waals surface area contributed by atoms with Crippen LogP contribution in [-0.4, -0.2) is 27.0 Å². The largest absolute Gasteiger partial charge is 0.290 e. The highest BCUT2D eigenvalue weighted by Crippen LogP contribution is 2.28. The van der Waals surface area contributed by atoms with E-state index in [1.54, 1.807) is 24.3 Å². The molecule has 4 aromatic rings. The number of thiazole rings is 1. The van der Waals surface area contributed by atoms with Gasteiger partial charge in [-0.2, -0.15) is 5.10 Å². The molecular weight excluding hydrogens is 414 g/mol. The Morgan fingerprint density at radius 3 is 2.45 bits per heavy atom. The number of nitrogens with zero attached hydrogens (tertiary/aromatic N) is 2. The molecule has 9 heteroatoms. The Bertz CT molecular complexity index is 1340. The monoisotopic (exact) mass is 433 g/mol. The summed E-state index contributed by atoms with van der Waals surface area (Å²) in [5, 5.41) is 7.72. The van der Waals surface area contributed by atoms with Gasteiger partial charge in [-0.05, 0) is 19.9 Å². The number of hydrogen-bond acceptors (Lipinski definition) is 6. The van der Waals surface area contributed by atoms with Gasteiger partial charge in [0.1, 0.15) is 0 Å². The topological polar surface area (TPSA) is 117 Å². The number of aromatic amines is 1. The Labute approximate surface area is 181 Å². The normalized spacial score (nSPS) is 10.8. The van der Waals surface area contributed by atoms with Crippen LogP contribution in [0.2, 0.25) is 0 Å². The van der Waals surface area contributed by atoms with Crippen LogP contribution in [0.4, 0.5) is 0 Å². The van der Waals surface area contributed by atoms with Gasteiger partial charge in [0.05, 0.1) is 22.5 Å². The summed E-state index contributed by atoms with van der Waals surface area (Å²) < 4.78 is 0. The van der Waals surface area contributed by atoms with E-state index in [9.17, 15) is 14.4 Å². The van der Waals surface area contributed by atoms with Gasteiger partial charge in [0, 0.05) is 15.8 Å². The molecule has 2 amide bonds. The second-order valence-electron chi connectivity index (χ2n) is 7.00. The molecule has 4 rings (SSSR count). The van der Waals surface area contributed by atoms with E-state index in [0.717, 1.165) is 26.7 Å². The van der Waals surface area contributed by atoms with Gasteiger partial charge in [-0.3, -0.25) is 25.2 Å². The highest BCUT2D eigenvalue weighted by atomic mass is 32.1. The molecule has 0 saturated heterocycles. The number of rotatable bonds is 4. The maximum atomic E-state index is 12.5. The Morgan fingerprint density at radius 1 is 1.00 bits per heavy atom. The number of nitrogens with one attached hydrogen (secondary N) is 3. The van der Waals surface area contributed by atoms with Crippen LogP contribution in [0.3, 0.4) is 0 Å². The van der Waals surface area contributed by atoms with Gasteiger partial charge in [-0.25, -0.2) is 10.1 Å². The van der Waals surface area contributed by atoms with Gasteiger partial charge in [-0.1, -0.05) is 48.0 Å². The number of hydrogen-bond donors (Lipinski definition) is 3. The van der Waals surface area contributed by atoms with Gasteiger partial charge < -0.3 is 0 Å². The predicted octanol–water partition coefficient (Wildman–Crippen LogP) is 2.67. The standard InChI is InChI=1S/C22H19N5O3S/c1-12-7-9-14(10-8-12)19-17(31-13(2)23-19)11-18(28)24-27-22(30)20-15-5-3-4-6-16(15)21(29)26-25-20/h3-10H,11H2,1-2H3,(H,24,28)(H,26,29)(H,27,30). The lowest BCUT2D eigenvalue weighted by molar-refractivity contribution is -0.121. The van der Waals surface area contributed by atoms with Crippen molar-refractivity contribution in [2.45, 2.75) is 20.3 Å². The number of benzene rings is 2. The summed E-state index contributed by atoms with van der Waals surface area (Å²) in [7, 11) is 0. The number of aromatic nitrogens is 3. The van der Waals surface area contributed by atoms with Gasteiger partial charge in [-0.15, -0.1) is 11.3 Å². The molecule has 0 radical (unpaired) electrons. The van der Waals surface area contributed by atoms with E-state index in [4.69, 9.17) is 0 Å². The zero-order valence-corrected chi connectivity index (χ0v) is 17.7. The fourth-order valence-electron chi connectivity index (χ4n) is 3.19. The Balaban J connectivity index is 1.47. The van der Waals surface area contributed by atoms with E-state index < -0.39 is 5.91 Å². The number of aryl methyl sites for hydroxylation is 2. The molecule has 0 aliphatic heterocycles. The fraction of sp³-hybridized carbons (Fsp3) is 0.136. The average Bonchev–Trinajstić information content (AvgIpc) is 3.13. The van der Waals surface area contributed by atoms with Crippen LogP contribution in [0.15, 0.2) is 53.3 Å². The molecule has 2 heterocycles. The van der Waals surface area contributed by atoms with Gasteiger partial charge in [0.25, 0.3) is 11.5 Å². The molecule has 0 atom stereocenters. The molecule has 0 aliphatic rings. The second-order valence-corrected chi connectivity index (χ2v) is 8.28.